The van der Waals surface area contributed by atoms with E-state index in [0.29, 0.717) is 23.2 Å². The zero-order valence-corrected chi connectivity index (χ0v) is 51.1. The van der Waals surface area contributed by atoms with Crippen molar-refractivity contribution in [1.82, 2.24) is 15.8 Å². The summed E-state index contributed by atoms with van der Waals surface area (Å²) in [5.74, 6) is 1.38. The average Bonchev–Trinajstić information content (AvgIpc) is 3.25. The Hall–Kier alpha value is -0.997. The summed E-state index contributed by atoms with van der Waals surface area (Å²) in [6.07, 6.45) is 1.51. The molecule has 0 aliphatic rings. The van der Waals surface area contributed by atoms with Gasteiger partial charge in [0, 0.05) is 50.6 Å². The van der Waals surface area contributed by atoms with Gasteiger partial charge in [0.1, 0.15) is 11.5 Å². The molecule has 2 amide bonds. The van der Waals surface area contributed by atoms with Crippen LogP contribution < -0.4 is 128 Å². The van der Waals surface area contributed by atoms with Crippen LogP contribution in [0.1, 0.15) is 140 Å². The van der Waals surface area contributed by atoms with Crippen LogP contribution in [0.15, 0.2) is 72.8 Å². The van der Waals surface area contributed by atoms with Crippen molar-refractivity contribution < 1.29 is 143 Å². The second kappa shape index (κ2) is 33.5. The number of amides is 2. The molecular formula is C49H66Br2ClK2N3O8. The fourth-order valence-corrected chi connectivity index (χ4v) is 7.30. The molecule has 0 saturated heterocycles. The van der Waals surface area contributed by atoms with Crippen molar-refractivity contribution in [2.45, 2.75) is 111 Å². The molecule has 1 atom stereocenters. The number of aryl methyl sites for hydroxylation is 2. The minimum absolute atomic E-state index is 0. The van der Waals surface area contributed by atoms with Crippen molar-refractivity contribution in [3.63, 3.8) is 0 Å². The number of hydrazine groups is 1. The van der Waals surface area contributed by atoms with Crippen LogP contribution in [0.5, 0.6) is 11.5 Å². The molecule has 0 aliphatic carbocycles. The molecule has 4 rings (SSSR count). The van der Waals surface area contributed by atoms with Gasteiger partial charge in [-0.1, -0.05) is 114 Å². The maximum atomic E-state index is 13.3. The minimum atomic E-state index is -0.402. The molecular weight excluding hydrogens is 1030 g/mol. The molecule has 4 aromatic rings. The minimum Gasteiger partial charge on any atom is -1.00 e. The third-order valence-electron chi connectivity index (χ3n) is 9.37. The number of benzene rings is 4. The second-order valence-electron chi connectivity index (χ2n) is 16.8. The molecule has 65 heavy (non-hydrogen) atoms. The van der Waals surface area contributed by atoms with E-state index in [2.05, 4.69) is 121 Å². The first-order valence-corrected chi connectivity index (χ1v) is 23.1. The van der Waals surface area contributed by atoms with Gasteiger partial charge >= 0.3 is 103 Å². The quantitative estimate of drug-likeness (QED) is 0.0454. The van der Waals surface area contributed by atoms with E-state index in [4.69, 9.17) is 31.1 Å². The summed E-state index contributed by atoms with van der Waals surface area (Å²) in [5.41, 5.74) is 12.5. The fourth-order valence-electron chi connectivity index (χ4n) is 6.54. The predicted octanol–water partition coefficient (Wildman–Crippen LogP) is 4.83. The average molecular weight is 1100 g/mol. The van der Waals surface area contributed by atoms with E-state index >= 15 is 0 Å². The summed E-state index contributed by atoms with van der Waals surface area (Å²) in [6.45, 7) is 23.3. The molecule has 0 spiro atoms. The van der Waals surface area contributed by atoms with Gasteiger partial charge in [0.25, 0.3) is 23.5 Å². The topological polar surface area (TPSA) is 146 Å². The van der Waals surface area contributed by atoms with Crippen LogP contribution in [0.3, 0.4) is 0 Å². The SMILES string of the molecule is CCc1c(OC)cccc1C(=O)NCC(C)(C)C.CCc1c(OC)cccc1C(=O)NN(C(C)c1cc(C)cc(CBr)c1)C(C)(C)C.Cc1cc(CBr)cc(C(=O)Cl)c1.O=CO[O-].[H-].[K+].[K+]. The van der Waals surface area contributed by atoms with E-state index in [-0.39, 0.29) is 139 Å². The van der Waals surface area contributed by atoms with Crippen LogP contribution in [0.4, 0.5) is 0 Å². The Morgan fingerprint density at radius 1 is 0.785 bits per heavy atom. The summed E-state index contributed by atoms with van der Waals surface area (Å²) < 4.78 is 10.7. The smallest absolute Gasteiger partial charge is 1.00 e. The Balaban J connectivity index is -0.000000918. The van der Waals surface area contributed by atoms with Gasteiger partial charge in [-0.15, -0.1) is 0 Å². The fraction of sp³-hybridized carbons (Fsp3) is 0.429. The number of hydrogen-bond acceptors (Lipinski definition) is 9. The number of nitrogens with zero attached hydrogens (tertiary/aromatic N) is 1. The Morgan fingerprint density at radius 3 is 1.62 bits per heavy atom. The maximum Gasteiger partial charge on any atom is 1.00 e. The van der Waals surface area contributed by atoms with Crippen molar-refractivity contribution in [1.29, 1.82) is 0 Å². The van der Waals surface area contributed by atoms with E-state index in [1.165, 1.54) is 16.7 Å². The van der Waals surface area contributed by atoms with E-state index < -0.39 is 5.24 Å². The molecule has 0 heterocycles. The van der Waals surface area contributed by atoms with E-state index in [0.717, 1.165) is 57.3 Å². The summed E-state index contributed by atoms with van der Waals surface area (Å²) in [6, 6.07) is 23.3. The summed E-state index contributed by atoms with van der Waals surface area (Å²) in [5, 5.41) is 14.6. The Morgan fingerprint density at radius 2 is 1.23 bits per heavy atom. The van der Waals surface area contributed by atoms with Crippen LogP contribution in [0, 0.1) is 19.3 Å². The van der Waals surface area contributed by atoms with Crippen molar-refractivity contribution in [2.75, 3.05) is 20.8 Å². The van der Waals surface area contributed by atoms with Crippen molar-refractivity contribution in [3.8, 4) is 11.5 Å². The van der Waals surface area contributed by atoms with Gasteiger partial charge < -0.3 is 26.4 Å². The molecule has 2 N–H and O–H groups in total. The van der Waals surface area contributed by atoms with Gasteiger partial charge in [-0.2, -0.15) is 0 Å². The second-order valence-corrected chi connectivity index (χ2v) is 18.2. The first-order chi connectivity index (χ1) is 29.5. The van der Waals surface area contributed by atoms with Gasteiger partial charge in [-0.05, 0) is 124 Å². The van der Waals surface area contributed by atoms with Crippen LogP contribution in [0.2, 0.25) is 0 Å². The molecule has 4 aromatic carbocycles. The zero-order chi connectivity index (χ0) is 48.1. The van der Waals surface area contributed by atoms with Gasteiger partial charge in [0.2, 0.25) is 0 Å². The third-order valence-corrected chi connectivity index (χ3v) is 10.9. The van der Waals surface area contributed by atoms with Crippen molar-refractivity contribution in [2.24, 2.45) is 5.41 Å². The van der Waals surface area contributed by atoms with Crippen LogP contribution in [-0.4, -0.2) is 54.8 Å². The molecule has 0 fully saturated rings. The Kier molecular flexibility index (Phi) is 34.1. The first kappa shape index (κ1) is 66.1. The Bertz CT molecular complexity index is 2120. The largest absolute Gasteiger partial charge is 1.00 e. The number of carbonyl (C=O) groups excluding carboxylic acids is 4. The van der Waals surface area contributed by atoms with Gasteiger partial charge in [0.05, 0.1) is 20.3 Å². The van der Waals surface area contributed by atoms with Crippen LogP contribution in [0.25, 0.3) is 0 Å². The zero-order valence-electron chi connectivity index (χ0n) is 42.0. The molecule has 0 aliphatic heterocycles. The van der Waals surface area contributed by atoms with Crippen molar-refractivity contribution in [3.05, 3.63) is 128 Å². The van der Waals surface area contributed by atoms with Gasteiger partial charge in [-0.3, -0.25) is 24.6 Å². The summed E-state index contributed by atoms with van der Waals surface area (Å²) in [4.78, 5) is 47.5. The van der Waals surface area contributed by atoms with E-state index in [1.54, 1.807) is 26.4 Å². The first-order valence-electron chi connectivity index (χ1n) is 20.5. The molecule has 0 aromatic heterocycles. The number of carbonyl (C=O) groups is 4. The molecule has 348 valence electrons. The molecule has 0 radical (unpaired) electrons. The van der Waals surface area contributed by atoms with Crippen LogP contribution >= 0.6 is 43.5 Å². The van der Waals surface area contributed by atoms with Gasteiger partial charge in [-0.25, -0.2) is 5.01 Å². The number of halogens is 3. The maximum absolute atomic E-state index is 13.3. The molecule has 0 bridgehead atoms. The molecule has 0 saturated carbocycles. The van der Waals surface area contributed by atoms with Gasteiger partial charge in [0.15, 0.2) is 0 Å². The normalized spacial score (nSPS) is 10.9. The summed E-state index contributed by atoms with van der Waals surface area (Å²) >= 11 is 12.2. The summed E-state index contributed by atoms with van der Waals surface area (Å²) in [7, 11) is 3.27. The monoisotopic (exact) mass is 1100 g/mol. The number of rotatable bonds is 14. The Labute approximate surface area is 496 Å². The van der Waals surface area contributed by atoms with E-state index in [1.807, 2.05) is 68.2 Å². The standard InChI is InChI=1S/C24H33BrN2O2.C15H23NO2.C9H8BrClO.CH2O3.2K.H/c1-8-20-21(10-9-11-22(20)29-7)23(28)26-27(24(4,5)6)17(3)19-13-16(2)12-18(14-19)15-25;1-6-11-12(8-7-9-13(11)18-5)14(17)16-10-15(2,3)4;1-6-2-7(5-10)4-8(3-6)9(11)12;2-1-4-3;;;/h9-14,17H,8,15H2,1-7H3,(H,26,28);7-9H,6,10H2,1-5H3,(H,16,17);2-4H,5H2,1H3;1,3H;;;/q;;;;2*+1;-1/p-1. The number of methoxy groups -OCH3 is 2. The molecule has 16 heteroatoms. The number of ether oxygens (including phenoxy) is 2. The third kappa shape index (κ3) is 23.4. The number of nitrogens with one attached hydrogen (secondary N) is 2. The number of alkyl halides is 2. The number of hydrogen-bond donors (Lipinski definition) is 2. The van der Waals surface area contributed by atoms with Crippen LogP contribution in [-0.2, 0) is 33.2 Å². The van der Waals surface area contributed by atoms with Crippen molar-refractivity contribution >= 4 is 67.0 Å². The van der Waals surface area contributed by atoms with E-state index in [9.17, 15) is 14.4 Å². The molecule has 1 unspecified atom stereocenters. The molecule has 11 nitrogen and oxygen atoms in total. The predicted molar refractivity (Wildman–Crippen MR) is 260 cm³/mol.